The third-order valence-corrected chi connectivity index (χ3v) is 4.69. The van der Waals surface area contributed by atoms with Gasteiger partial charge >= 0.3 is 5.97 Å². The fourth-order valence-electron chi connectivity index (χ4n) is 2.92. The van der Waals surface area contributed by atoms with Crippen molar-refractivity contribution in [2.24, 2.45) is 0 Å². The van der Waals surface area contributed by atoms with Crippen LogP contribution in [0, 0.1) is 10.1 Å². The summed E-state index contributed by atoms with van der Waals surface area (Å²) in [5.74, 6) is -0.480. The molecule has 2 aromatic rings. The Kier molecular flexibility index (Phi) is 8.83. The first-order valence-electron chi connectivity index (χ1n) is 9.48. The lowest BCUT2D eigenvalue weighted by molar-refractivity contribution is -0.384. The summed E-state index contributed by atoms with van der Waals surface area (Å²) in [7, 11) is 1.58. The fraction of sp³-hybridized carbons (Fsp3) is 0.318. The van der Waals surface area contributed by atoms with Crippen LogP contribution in [0.4, 0.5) is 11.4 Å². The monoisotopic (exact) mass is 432 g/mol. The van der Waals surface area contributed by atoms with E-state index in [1.54, 1.807) is 45.2 Å². The van der Waals surface area contributed by atoms with Crippen molar-refractivity contribution in [3.63, 3.8) is 0 Å². The van der Waals surface area contributed by atoms with Crippen LogP contribution in [0.1, 0.15) is 25.0 Å². The molecule has 0 saturated carbocycles. The molecule has 0 amide bonds. The van der Waals surface area contributed by atoms with E-state index < -0.39 is 10.9 Å². The Hall–Kier alpha value is -2.90. The van der Waals surface area contributed by atoms with E-state index in [-0.39, 0.29) is 12.3 Å². The SMILES string of the molecule is CCOC(=O)C=C(C)c1ccc(N(CCOC)Cc2ccc(Cl)cc2)c([N+](=O)[O-])c1. The van der Waals surface area contributed by atoms with Crippen LogP contribution in [0.5, 0.6) is 0 Å². The van der Waals surface area contributed by atoms with Gasteiger partial charge in [0.05, 0.1) is 18.1 Å². The van der Waals surface area contributed by atoms with Crippen molar-refractivity contribution in [2.75, 3.05) is 31.8 Å². The molecule has 0 aromatic heterocycles. The molecular weight excluding hydrogens is 408 g/mol. The summed E-state index contributed by atoms with van der Waals surface area (Å²) < 4.78 is 10.1. The highest BCUT2D eigenvalue weighted by molar-refractivity contribution is 6.30. The maximum Gasteiger partial charge on any atom is 0.331 e. The van der Waals surface area contributed by atoms with E-state index in [2.05, 4.69) is 0 Å². The van der Waals surface area contributed by atoms with Gasteiger partial charge in [-0.2, -0.15) is 0 Å². The molecule has 0 atom stereocenters. The second kappa shape index (κ2) is 11.3. The summed E-state index contributed by atoms with van der Waals surface area (Å²) in [6.45, 7) is 5.03. The average molecular weight is 433 g/mol. The van der Waals surface area contributed by atoms with E-state index in [9.17, 15) is 14.9 Å². The number of nitro groups is 1. The van der Waals surface area contributed by atoms with Crippen molar-refractivity contribution in [3.05, 3.63) is 74.8 Å². The smallest absolute Gasteiger partial charge is 0.331 e. The van der Waals surface area contributed by atoms with Crippen LogP contribution < -0.4 is 4.90 Å². The molecule has 8 heteroatoms. The standard InChI is InChI=1S/C22H25ClN2O5/c1-4-30-22(26)13-16(2)18-7-10-20(21(14-18)25(27)28)24(11-12-29-3)15-17-5-8-19(23)9-6-17/h5-10,13-14H,4,11-12,15H2,1-3H3. The predicted molar refractivity (Wildman–Crippen MR) is 118 cm³/mol. The summed E-state index contributed by atoms with van der Waals surface area (Å²) in [6, 6.07) is 12.3. The summed E-state index contributed by atoms with van der Waals surface area (Å²) in [5, 5.41) is 12.4. The Morgan fingerprint density at radius 2 is 1.93 bits per heavy atom. The molecule has 160 valence electrons. The molecule has 7 nitrogen and oxygen atoms in total. The van der Waals surface area contributed by atoms with E-state index >= 15 is 0 Å². The first kappa shape index (κ1) is 23.4. The first-order chi connectivity index (χ1) is 14.3. The highest BCUT2D eigenvalue weighted by Gasteiger charge is 2.21. The van der Waals surface area contributed by atoms with Crippen LogP contribution >= 0.6 is 11.6 Å². The van der Waals surface area contributed by atoms with Gasteiger partial charge < -0.3 is 14.4 Å². The van der Waals surface area contributed by atoms with Gasteiger partial charge in [0.1, 0.15) is 5.69 Å². The van der Waals surface area contributed by atoms with Gasteiger partial charge in [-0.15, -0.1) is 0 Å². The normalized spacial score (nSPS) is 11.3. The zero-order valence-electron chi connectivity index (χ0n) is 17.3. The molecule has 30 heavy (non-hydrogen) atoms. The third kappa shape index (κ3) is 6.57. The van der Waals surface area contributed by atoms with Crippen molar-refractivity contribution in [2.45, 2.75) is 20.4 Å². The second-order valence-corrected chi connectivity index (χ2v) is 7.02. The summed E-state index contributed by atoms with van der Waals surface area (Å²) in [6.07, 6.45) is 1.33. The van der Waals surface area contributed by atoms with Crippen molar-refractivity contribution in [1.82, 2.24) is 0 Å². The Morgan fingerprint density at radius 3 is 2.53 bits per heavy atom. The molecule has 0 bridgehead atoms. The molecule has 0 unspecified atom stereocenters. The van der Waals surface area contributed by atoms with Gasteiger partial charge in [-0.1, -0.05) is 29.8 Å². The molecule has 0 heterocycles. The summed E-state index contributed by atoms with van der Waals surface area (Å²) in [4.78, 5) is 25.0. The van der Waals surface area contributed by atoms with Crippen molar-refractivity contribution < 1.29 is 19.2 Å². The van der Waals surface area contributed by atoms with E-state index in [0.29, 0.717) is 41.5 Å². The molecule has 0 aliphatic carbocycles. The number of hydrogen-bond donors (Lipinski definition) is 0. The zero-order valence-corrected chi connectivity index (χ0v) is 18.0. The van der Waals surface area contributed by atoms with Crippen LogP contribution in [0.25, 0.3) is 5.57 Å². The van der Waals surface area contributed by atoms with Crippen molar-refractivity contribution in [3.8, 4) is 0 Å². The third-order valence-electron chi connectivity index (χ3n) is 4.44. The van der Waals surface area contributed by atoms with Crippen molar-refractivity contribution in [1.29, 1.82) is 0 Å². The predicted octanol–water partition coefficient (Wildman–Crippen LogP) is 4.87. The minimum atomic E-state index is -0.480. The molecule has 0 aliphatic rings. The molecule has 2 rings (SSSR count). The quantitative estimate of drug-likeness (QED) is 0.230. The van der Waals surface area contributed by atoms with Crippen LogP contribution in [-0.4, -0.2) is 37.8 Å². The highest BCUT2D eigenvalue weighted by Crippen LogP contribution is 2.32. The van der Waals surface area contributed by atoms with Gasteiger partial charge in [0.15, 0.2) is 0 Å². The number of rotatable bonds is 10. The van der Waals surface area contributed by atoms with Crippen LogP contribution in [0.3, 0.4) is 0 Å². The molecule has 0 saturated heterocycles. The first-order valence-corrected chi connectivity index (χ1v) is 9.85. The topological polar surface area (TPSA) is 81.9 Å². The van der Waals surface area contributed by atoms with Crippen LogP contribution in [0.15, 0.2) is 48.5 Å². The highest BCUT2D eigenvalue weighted by atomic mass is 35.5. The average Bonchev–Trinajstić information content (AvgIpc) is 2.72. The van der Waals surface area contributed by atoms with Gasteiger partial charge in [-0.05, 0) is 48.7 Å². The number of allylic oxidation sites excluding steroid dienone is 1. The summed E-state index contributed by atoms with van der Waals surface area (Å²) in [5.41, 5.74) is 2.56. The van der Waals surface area contributed by atoms with E-state index in [0.717, 1.165) is 5.56 Å². The minimum absolute atomic E-state index is 0.0471. The van der Waals surface area contributed by atoms with Gasteiger partial charge in [-0.25, -0.2) is 4.79 Å². The number of methoxy groups -OCH3 is 1. The van der Waals surface area contributed by atoms with Crippen LogP contribution in [0.2, 0.25) is 5.02 Å². The number of nitrogens with zero attached hydrogens (tertiary/aromatic N) is 2. The zero-order chi connectivity index (χ0) is 22.1. The van der Waals surface area contributed by atoms with E-state index in [4.69, 9.17) is 21.1 Å². The lowest BCUT2D eigenvalue weighted by Gasteiger charge is -2.25. The number of esters is 1. The van der Waals surface area contributed by atoms with Gasteiger partial charge in [-0.3, -0.25) is 10.1 Å². The second-order valence-electron chi connectivity index (χ2n) is 6.58. The molecule has 0 spiro atoms. The molecule has 0 aliphatic heterocycles. The number of nitro benzene ring substituents is 1. The Morgan fingerprint density at radius 1 is 1.23 bits per heavy atom. The fourth-order valence-corrected chi connectivity index (χ4v) is 3.05. The number of hydrogen-bond acceptors (Lipinski definition) is 6. The molecule has 0 N–H and O–H groups in total. The van der Waals surface area contributed by atoms with Gasteiger partial charge in [0.2, 0.25) is 0 Å². The Bertz CT molecular complexity index is 912. The number of benzene rings is 2. The van der Waals surface area contributed by atoms with E-state index in [1.807, 2.05) is 17.0 Å². The largest absolute Gasteiger partial charge is 0.463 e. The van der Waals surface area contributed by atoms with E-state index in [1.165, 1.54) is 12.1 Å². The lowest BCUT2D eigenvalue weighted by atomic mass is 10.0. The minimum Gasteiger partial charge on any atom is -0.463 e. The molecule has 2 aromatic carbocycles. The Labute approximate surface area is 181 Å². The molecule has 0 radical (unpaired) electrons. The number of ether oxygens (including phenoxy) is 2. The lowest BCUT2D eigenvalue weighted by Crippen LogP contribution is -2.27. The van der Waals surface area contributed by atoms with Gasteiger partial charge in [0, 0.05) is 37.4 Å². The number of anilines is 1. The van der Waals surface area contributed by atoms with Gasteiger partial charge in [0.25, 0.3) is 5.69 Å². The Balaban J connectivity index is 2.40. The molecular formula is C22H25ClN2O5. The number of carbonyl (C=O) groups excluding carboxylic acids is 1. The number of halogens is 1. The van der Waals surface area contributed by atoms with Crippen molar-refractivity contribution >= 4 is 34.5 Å². The maximum atomic E-state index is 11.8. The maximum absolute atomic E-state index is 11.8. The van der Waals surface area contributed by atoms with Crippen LogP contribution in [-0.2, 0) is 20.8 Å². The molecule has 0 fully saturated rings. The summed E-state index contributed by atoms with van der Waals surface area (Å²) >= 11 is 5.96. The number of carbonyl (C=O) groups is 1.